The van der Waals surface area contributed by atoms with Gasteiger partial charge < -0.3 is 47.8 Å². The number of carbonyl (C=O) groups excluding carboxylic acids is 4. The molecule has 3 aromatic carbocycles. The molecule has 21 heteroatoms. The largest absolute Gasteiger partial charge is 0.459 e. The first-order valence-electron chi connectivity index (χ1n) is 24.6. The van der Waals surface area contributed by atoms with Gasteiger partial charge in [-0.3, -0.25) is 24.2 Å². The number of hydrogen-bond acceptors (Lipinski definition) is 16. The lowest BCUT2D eigenvalue weighted by Crippen LogP contribution is -2.42. The second-order valence-corrected chi connectivity index (χ2v) is 17.9. The monoisotopic (exact) mass is 994 g/mol. The van der Waals surface area contributed by atoms with Crippen LogP contribution in [0.5, 0.6) is 0 Å². The van der Waals surface area contributed by atoms with Crippen molar-refractivity contribution < 1.29 is 23.9 Å². The van der Waals surface area contributed by atoms with E-state index in [1.165, 1.54) is 0 Å². The lowest BCUT2D eigenvalue weighted by molar-refractivity contribution is -0.147. The summed E-state index contributed by atoms with van der Waals surface area (Å²) in [6, 6.07) is 23.0. The maximum atomic E-state index is 13.5. The molecule has 0 saturated carbocycles. The third-order valence-electron chi connectivity index (χ3n) is 12.2. The highest BCUT2D eigenvalue weighted by molar-refractivity contribution is 5.97. The highest BCUT2D eigenvalue weighted by Crippen LogP contribution is 2.20. The van der Waals surface area contributed by atoms with Crippen LogP contribution in [0.4, 0.5) is 23.4 Å². The molecule has 0 fully saturated rings. The lowest BCUT2D eigenvalue weighted by Gasteiger charge is -2.20. The minimum atomic E-state index is -1.05. The van der Waals surface area contributed by atoms with Crippen molar-refractivity contribution in [1.82, 2.24) is 55.8 Å². The summed E-state index contributed by atoms with van der Waals surface area (Å²) < 4.78 is 5.58. The predicted molar refractivity (Wildman–Crippen MR) is 278 cm³/mol. The zero-order valence-corrected chi connectivity index (χ0v) is 41.0. The first kappa shape index (κ1) is 52.3. The summed E-state index contributed by atoms with van der Waals surface area (Å²) in [5, 5.41) is 8.75. The van der Waals surface area contributed by atoms with E-state index < -0.39 is 17.9 Å². The Morgan fingerprint density at radius 1 is 0.699 bits per heavy atom. The van der Waals surface area contributed by atoms with Gasteiger partial charge in [-0.1, -0.05) is 99.5 Å². The van der Waals surface area contributed by atoms with Crippen molar-refractivity contribution in [3.8, 4) is 0 Å². The van der Waals surface area contributed by atoms with Crippen molar-refractivity contribution in [3.05, 3.63) is 129 Å². The number of nitrogens with one attached hydrogen (secondary N) is 5. The first-order valence-corrected chi connectivity index (χ1v) is 24.6. The molecule has 11 N–H and O–H groups in total. The summed E-state index contributed by atoms with van der Waals surface area (Å²) in [5.74, 6) is -0.484. The number of benzene rings is 3. The van der Waals surface area contributed by atoms with E-state index in [-0.39, 0.29) is 60.2 Å². The third kappa shape index (κ3) is 16.0. The van der Waals surface area contributed by atoms with E-state index >= 15 is 0 Å². The Bertz CT molecular complexity index is 3020. The summed E-state index contributed by atoms with van der Waals surface area (Å²) in [6.07, 6.45) is 11.8. The Balaban J connectivity index is 0.740. The smallest absolute Gasteiger partial charge is 0.328 e. The highest BCUT2D eigenvalue weighted by atomic mass is 16.5. The number of nitrogens with two attached hydrogens (primary N) is 3. The molecule has 0 aliphatic rings. The molecule has 0 aliphatic heterocycles. The minimum absolute atomic E-state index is 0.0184. The van der Waals surface area contributed by atoms with Crippen LogP contribution in [0.3, 0.4) is 0 Å². The number of hydrogen-bond donors (Lipinski definition) is 8. The standard InChI is InChI=1S/C52H63N15O6/c1-67(31-37-30-58-46-43(59-37)45(53)63-51(54)64-46)38-23-21-36(22-24-38)48(70)60-39(50(72)73-32-35-14-10-9-11-15-35)25-26-42(69)56-27-13-8-6-4-2-3-5-7-12-16-41(68)57-29-34-19-17-33(18-20-34)28-40-61-44-47(62-40)65-52(55)66-49(44)71/h9-11,14-15,17-24,30,39H,2-8,12-13,16,25-29,31-32H2,1H3,(H,56,69)(H,57,68)(H,60,70)(H4,53,54,58,63,64)(H4,55,61,62,65,66,71). The fourth-order valence-electron chi connectivity index (χ4n) is 8.13. The number of rotatable bonds is 27. The average molecular weight is 994 g/mol. The second kappa shape index (κ2) is 26.1. The van der Waals surface area contributed by atoms with E-state index in [1.807, 2.05) is 66.5 Å². The predicted octanol–water partition coefficient (Wildman–Crippen LogP) is 5.31. The number of nitrogen functional groups attached to an aromatic ring is 3. The SMILES string of the molecule is CN(Cc1cnc2nc(N)nc(N)c2n1)c1ccc(C(=O)NC(CCC(=O)NCCCCCCCCCCCC(=O)NCc2ccc(Cc3nc4nc(N)[nH]c(=O)c4[nH]3)cc2)C(=O)OCc2ccccc2)cc1. The van der Waals surface area contributed by atoms with Gasteiger partial charge in [0, 0.05) is 50.7 Å². The third-order valence-corrected chi connectivity index (χ3v) is 12.2. The summed E-state index contributed by atoms with van der Waals surface area (Å²) in [6.45, 7) is 1.38. The molecule has 0 bridgehead atoms. The number of aromatic amines is 2. The van der Waals surface area contributed by atoms with Crippen LogP contribution in [0, 0.1) is 0 Å². The van der Waals surface area contributed by atoms with Crippen LogP contribution < -0.4 is 43.6 Å². The van der Waals surface area contributed by atoms with Gasteiger partial charge in [0.15, 0.2) is 28.1 Å². The number of fused-ring (bicyclic) bond motifs is 2. The molecule has 0 aliphatic carbocycles. The Labute approximate surface area is 422 Å². The summed E-state index contributed by atoms with van der Waals surface area (Å²) >= 11 is 0. The first-order chi connectivity index (χ1) is 35.4. The second-order valence-electron chi connectivity index (χ2n) is 17.9. The zero-order valence-electron chi connectivity index (χ0n) is 41.0. The van der Waals surface area contributed by atoms with Gasteiger partial charge in [0.1, 0.15) is 18.5 Å². The van der Waals surface area contributed by atoms with E-state index in [0.717, 1.165) is 80.2 Å². The number of amides is 3. The fraction of sp³-hybridized carbons (Fsp3) is 0.365. The maximum Gasteiger partial charge on any atom is 0.328 e. The number of anilines is 4. The van der Waals surface area contributed by atoms with Crippen LogP contribution in [-0.2, 0) is 45.2 Å². The Hall–Kier alpha value is -8.49. The summed E-state index contributed by atoms with van der Waals surface area (Å²) in [5.41, 5.74) is 22.7. The van der Waals surface area contributed by atoms with Gasteiger partial charge in [0.2, 0.25) is 23.7 Å². The van der Waals surface area contributed by atoms with E-state index in [9.17, 15) is 24.0 Å². The van der Waals surface area contributed by atoms with Gasteiger partial charge >= 0.3 is 5.97 Å². The number of carbonyl (C=O) groups is 4. The molecule has 7 aromatic rings. The molecule has 21 nitrogen and oxygen atoms in total. The fourth-order valence-corrected chi connectivity index (χ4v) is 8.13. The van der Waals surface area contributed by atoms with Gasteiger partial charge in [-0.25, -0.2) is 19.7 Å². The molecule has 7 rings (SSSR count). The van der Waals surface area contributed by atoms with Gasteiger partial charge in [-0.15, -0.1) is 0 Å². The molecule has 0 saturated heterocycles. The van der Waals surface area contributed by atoms with Crippen LogP contribution in [-0.4, -0.2) is 83.2 Å². The van der Waals surface area contributed by atoms with Crippen molar-refractivity contribution in [2.75, 3.05) is 35.7 Å². The number of unbranched alkanes of at least 4 members (excludes halogenated alkanes) is 8. The zero-order chi connectivity index (χ0) is 51.5. The number of aromatic nitrogens is 8. The molecule has 382 valence electrons. The normalized spacial score (nSPS) is 11.6. The average Bonchev–Trinajstić information content (AvgIpc) is 3.79. The number of nitrogens with zero attached hydrogens (tertiary/aromatic N) is 7. The maximum absolute atomic E-state index is 13.5. The molecule has 73 heavy (non-hydrogen) atoms. The van der Waals surface area contributed by atoms with Crippen molar-refractivity contribution in [2.45, 2.75) is 109 Å². The van der Waals surface area contributed by atoms with Crippen LogP contribution in [0.1, 0.15) is 116 Å². The lowest BCUT2D eigenvalue weighted by atomic mass is 10.1. The molecular formula is C52H63N15O6. The van der Waals surface area contributed by atoms with E-state index in [1.54, 1.807) is 30.5 Å². The van der Waals surface area contributed by atoms with E-state index in [0.29, 0.717) is 66.2 Å². The van der Waals surface area contributed by atoms with Gasteiger partial charge in [0.25, 0.3) is 11.5 Å². The Morgan fingerprint density at radius 3 is 2.12 bits per heavy atom. The van der Waals surface area contributed by atoms with Crippen molar-refractivity contribution in [3.63, 3.8) is 0 Å². The van der Waals surface area contributed by atoms with Crippen LogP contribution >= 0.6 is 0 Å². The molecular weight excluding hydrogens is 931 g/mol. The number of imidazole rings is 1. The minimum Gasteiger partial charge on any atom is -0.459 e. The summed E-state index contributed by atoms with van der Waals surface area (Å²) in [4.78, 5) is 96.9. The molecule has 0 spiro atoms. The van der Waals surface area contributed by atoms with Gasteiger partial charge in [0.05, 0.1) is 18.4 Å². The molecule has 4 aromatic heterocycles. The van der Waals surface area contributed by atoms with E-state index in [4.69, 9.17) is 21.9 Å². The van der Waals surface area contributed by atoms with Crippen LogP contribution in [0.15, 0.2) is 89.9 Å². The Kier molecular flexibility index (Phi) is 18.7. The highest BCUT2D eigenvalue weighted by Gasteiger charge is 2.24. The topological polar surface area (TPSA) is 321 Å². The summed E-state index contributed by atoms with van der Waals surface area (Å²) in [7, 11) is 1.87. The van der Waals surface area contributed by atoms with Gasteiger partial charge in [-0.2, -0.15) is 15.0 Å². The van der Waals surface area contributed by atoms with Crippen molar-refractivity contribution >= 4 is 69.4 Å². The number of esters is 1. The quantitative estimate of drug-likeness (QED) is 0.0239. The van der Waals surface area contributed by atoms with Crippen LogP contribution in [0.2, 0.25) is 0 Å². The van der Waals surface area contributed by atoms with Gasteiger partial charge in [-0.05, 0) is 60.2 Å². The number of ether oxygens (including phenoxy) is 1. The molecule has 1 unspecified atom stereocenters. The molecule has 4 heterocycles. The van der Waals surface area contributed by atoms with Crippen LogP contribution in [0.25, 0.3) is 22.3 Å². The number of H-pyrrole nitrogens is 2. The van der Waals surface area contributed by atoms with E-state index in [2.05, 4.69) is 55.8 Å². The van der Waals surface area contributed by atoms with Crippen molar-refractivity contribution in [2.24, 2.45) is 0 Å². The molecule has 3 amide bonds. The van der Waals surface area contributed by atoms with Crippen molar-refractivity contribution in [1.29, 1.82) is 0 Å². The molecule has 1 atom stereocenters. The Morgan fingerprint density at radius 2 is 1.38 bits per heavy atom. The molecule has 0 radical (unpaired) electrons.